The molecule has 1 aromatic rings. The molecule has 1 aliphatic rings. The predicted molar refractivity (Wildman–Crippen MR) is 80.3 cm³/mol. The lowest BCUT2D eigenvalue weighted by atomic mass is 10.1. The van der Waals surface area contributed by atoms with Crippen LogP contribution in [0.4, 0.5) is 5.82 Å². The largest absolute Gasteiger partial charge is 0.393 e. The van der Waals surface area contributed by atoms with Crippen molar-refractivity contribution in [3.05, 3.63) is 34.5 Å². The second-order valence-electron chi connectivity index (χ2n) is 4.78. The van der Waals surface area contributed by atoms with Crippen molar-refractivity contribution >= 4 is 23.3 Å². The van der Waals surface area contributed by atoms with E-state index in [1.807, 2.05) is 11.0 Å². The number of pyridine rings is 1. The summed E-state index contributed by atoms with van der Waals surface area (Å²) >= 11 is 6.19. The van der Waals surface area contributed by atoms with Crippen LogP contribution in [0.25, 0.3) is 0 Å². The first-order chi connectivity index (χ1) is 10.1. The van der Waals surface area contributed by atoms with E-state index in [0.717, 1.165) is 5.57 Å². The van der Waals surface area contributed by atoms with E-state index in [-0.39, 0.29) is 12.5 Å². The molecule has 21 heavy (non-hydrogen) atoms. The molecule has 0 spiro atoms. The van der Waals surface area contributed by atoms with E-state index < -0.39 is 6.10 Å². The van der Waals surface area contributed by atoms with Crippen LogP contribution in [0.15, 0.2) is 23.9 Å². The summed E-state index contributed by atoms with van der Waals surface area (Å²) in [6, 6.07) is 1.60. The van der Waals surface area contributed by atoms with Crippen molar-refractivity contribution in [2.75, 3.05) is 31.6 Å². The van der Waals surface area contributed by atoms with Gasteiger partial charge in [-0.2, -0.15) is 0 Å². The number of nitrogens with one attached hydrogen (secondary N) is 1. The highest BCUT2D eigenvalue weighted by Gasteiger charge is 2.19. The average Bonchev–Trinajstić information content (AvgIpc) is 2.53. The van der Waals surface area contributed by atoms with Crippen molar-refractivity contribution in [1.29, 1.82) is 0 Å². The number of hydrogen-bond donors (Lipinski definition) is 3. The van der Waals surface area contributed by atoms with E-state index in [2.05, 4.69) is 10.3 Å². The first-order valence-electron chi connectivity index (χ1n) is 6.67. The molecule has 0 saturated heterocycles. The van der Waals surface area contributed by atoms with Gasteiger partial charge >= 0.3 is 0 Å². The SMILES string of the molecule is CNC(=O)C1=CCN(c2ncc([C@H](O)CO)cc2Cl)CC1. The van der Waals surface area contributed by atoms with Crippen LogP contribution in [0.1, 0.15) is 18.1 Å². The van der Waals surface area contributed by atoms with E-state index in [1.165, 1.54) is 6.20 Å². The van der Waals surface area contributed by atoms with Gasteiger partial charge in [-0.25, -0.2) is 4.98 Å². The number of aliphatic hydroxyl groups excluding tert-OH is 2. The summed E-state index contributed by atoms with van der Waals surface area (Å²) in [7, 11) is 1.61. The number of nitrogens with zero attached hydrogens (tertiary/aromatic N) is 2. The Hall–Kier alpha value is -1.63. The number of halogens is 1. The van der Waals surface area contributed by atoms with E-state index >= 15 is 0 Å². The fraction of sp³-hybridized carbons (Fsp3) is 0.429. The molecule has 0 bridgehead atoms. The maximum absolute atomic E-state index is 11.5. The lowest BCUT2D eigenvalue weighted by molar-refractivity contribution is -0.117. The Morgan fingerprint density at radius 1 is 1.62 bits per heavy atom. The normalized spacial score (nSPS) is 16.4. The summed E-state index contributed by atoms with van der Waals surface area (Å²) in [4.78, 5) is 17.8. The molecule has 2 heterocycles. The molecule has 2 rings (SSSR count). The van der Waals surface area contributed by atoms with Crippen LogP contribution in [0, 0.1) is 0 Å². The molecule has 7 heteroatoms. The Bertz CT molecular complexity index is 562. The standard InChI is InChI=1S/C14H18ClN3O3/c1-16-14(21)9-2-4-18(5-3-9)13-11(15)6-10(7-17-13)12(20)8-19/h2,6-7,12,19-20H,3-5,8H2,1H3,(H,16,21)/t12-/m1/s1. The molecule has 0 fully saturated rings. The van der Waals surface area contributed by atoms with Gasteiger partial charge in [0, 0.05) is 37.5 Å². The smallest absolute Gasteiger partial charge is 0.246 e. The summed E-state index contributed by atoms with van der Waals surface area (Å²) in [5, 5.41) is 21.5. The van der Waals surface area contributed by atoms with E-state index in [1.54, 1.807) is 13.1 Å². The Kier molecular flexibility index (Phi) is 5.17. The van der Waals surface area contributed by atoms with Crippen molar-refractivity contribution in [3.8, 4) is 0 Å². The van der Waals surface area contributed by atoms with Crippen molar-refractivity contribution in [2.45, 2.75) is 12.5 Å². The van der Waals surface area contributed by atoms with Crippen LogP contribution < -0.4 is 10.2 Å². The second-order valence-corrected chi connectivity index (χ2v) is 5.18. The number of amides is 1. The second kappa shape index (κ2) is 6.89. The van der Waals surface area contributed by atoms with Crippen LogP contribution in [0.2, 0.25) is 5.02 Å². The highest BCUT2D eigenvalue weighted by Crippen LogP contribution is 2.28. The lowest BCUT2D eigenvalue weighted by Crippen LogP contribution is -2.33. The van der Waals surface area contributed by atoms with Gasteiger partial charge in [-0.3, -0.25) is 4.79 Å². The molecule has 6 nitrogen and oxygen atoms in total. The molecule has 0 aliphatic carbocycles. The topological polar surface area (TPSA) is 85.7 Å². The molecule has 0 saturated carbocycles. The van der Waals surface area contributed by atoms with Crippen LogP contribution >= 0.6 is 11.6 Å². The fourth-order valence-corrected chi connectivity index (χ4v) is 2.49. The minimum Gasteiger partial charge on any atom is -0.393 e. The molecule has 3 N–H and O–H groups in total. The van der Waals surface area contributed by atoms with Gasteiger partial charge in [0.25, 0.3) is 0 Å². The quantitative estimate of drug-likeness (QED) is 0.760. The first kappa shape index (κ1) is 15.8. The van der Waals surface area contributed by atoms with Crippen molar-refractivity contribution in [3.63, 3.8) is 0 Å². The molecule has 1 aliphatic heterocycles. The van der Waals surface area contributed by atoms with Crippen molar-refractivity contribution in [2.24, 2.45) is 0 Å². The predicted octanol–water partition coefficient (Wildman–Crippen LogP) is 0.643. The molecule has 1 aromatic heterocycles. The molecular weight excluding hydrogens is 294 g/mol. The number of anilines is 1. The summed E-state index contributed by atoms with van der Waals surface area (Å²) in [5.74, 6) is 0.549. The van der Waals surface area contributed by atoms with Gasteiger partial charge < -0.3 is 20.4 Å². The maximum Gasteiger partial charge on any atom is 0.246 e. The number of carbonyl (C=O) groups is 1. The van der Waals surface area contributed by atoms with E-state index in [9.17, 15) is 9.90 Å². The van der Waals surface area contributed by atoms with Crippen LogP contribution in [-0.2, 0) is 4.79 Å². The van der Waals surface area contributed by atoms with Gasteiger partial charge in [-0.15, -0.1) is 0 Å². The van der Waals surface area contributed by atoms with Crippen molar-refractivity contribution in [1.82, 2.24) is 10.3 Å². The molecule has 1 amide bonds. The Balaban J connectivity index is 2.14. The zero-order valence-electron chi connectivity index (χ0n) is 11.7. The number of likely N-dealkylation sites (N-methyl/N-ethyl adjacent to an activating group) is 1. The van der Waals surface area contributed by atoms with E-state index in [0.29, 0.717) is 35.9 Å². The van der Waals surface area contributed by atoms with Crippen LogP contribution in [0.5, 0.6) is 0 Å². The highest BCUT2D eigenvalue weighted by atomic mass is 35.5. The van der Waals surface area contributed by atoms with Gasteiger partial charge in [0.1, 0.15) is 11.9 Å². The van der Waals surface area contributed by atoms with E-state index in [4.69, 9.17) is 16.7 Å². The van der Waals surface area contributed by atoms with Crippen molar-refractivity contribution < 1.29 is 15.0 Å². The fourth-order valence-electron chi connectivity index (χ4n) is 2.19. The zero-order valence-corrected chi connectivity index (χ0v) is 12.5. The Morgan fingerprint density at radius 3 is 2.90 bits per heavy atom. The van der Waals surface area contributed by atoms with Crippen LogP contribution in [0.3, 0.4) is 0 Å². The van der Waals surface area contributed by atoms with Gasteiger partial charge in [-0.1, -0.05) is 17.7 Å². The summed E-state index contributed by atoms with van der Waals surface area (Å²) in [6.45, 7) is 0.824. The number of aromatic nitrogens is 1. The minimum absolute atomic E-state index is 0.0601. The Labute approximate surface area is 128 Å². The molecule has 0 aromatic carbocycles. The third kappa shape index (κ3) is 3.53. The number of hydrogen-bond acceptors (Lipinski definition) is 5. The van der Waals surface area contributed by atoms with Crippen LogP contribution in [-0.4, -0.2) is 47.8 Å². The molecular formula is C14H18ClN3O3. The number of carbonyl (C=O) groups excluding carboxylic acids is 1. The van der Waals surface area contributed by atoms with Gasteiger partial charge in [0.05, 0.1) is 11.6 Å². The third-order valence-electron chi connectivity index (χ3n) is 3.43. The summed E-state index contributed by atoms with van der Waals surface area (Å²) < 4.78 is 0. The summed E-state index contributed by atoms with van der Waals surface area (Å²) in [6.07, 6.45) is 3.00. The molecule has 1 atom stereocenters. The van der Waals surface area contributed by atoms with Gasteiger partial charge in [0.15, 0.2) is 0 Å². The molecule has 114 valence electrons. The molecule has 0 radical (unpaired) electrons. The Morgan fingerprint density at radius 2 is 2.38 bits per heavy atom. The third-order valence-corrected chi connectivity index (χ3v) is 3.71. The minimum atomic E-state index is -0.981. The summed E-state index contributed by atoms with van der Waals surface area (Å²) in [5.41, 5.74) is 1.24. The highest BCUT2D eigenvalue weighted by molar-refractivity contribution is 6.33. The average molecular weight is 312 g/mol. The first-order valence-corrected chi connectivity index (χ1v) is 7.05. The zero-order chi connectivity index (χ0) is 15.4. The number of rotatable bonds is 4. The van der Waals surface area contributed by atoms with Gasteiger partial charge in [0.2, 0.25) is 5.91 Å². The monoisotopic (exact) mass is 311 g/mol. The number of aliphatic hydroxyl groups is 2. The molecule has 0 unspecified atom stereocenters. The lowest BCUT2D eigenvalue weighted by Gasteiger charge is -2.28. The maximum atomic E-state index is 11.5. The van der Waals surface area contributed by atoms with Gasteiger partial charge in [-0.05, 0) is 12.5 Å².